The molecule has 0 aliphatic carbocycles. The molecule has 0 unspecified atom stereocenters. The second-order valence-electron chi connectivity index (χ2n) is 6.62. The van der Waals surface area contributed by atoms with Gasteiger partial charge in [0.25, 0.3) is 0 Å². The molecule has 0 amide bonds. The third-order valence-corrected chi connectivity index (χ3v) is 5.48. The van der Waals surface area contributed by atoms with E-state index in [2.05, 4.69) is 25.6 Å². The normalized spacial score (nSPS) is 16.9. The maximum absolute atomic E-state index is 11.6. The first kappa shape index (κ1) is 19.6. The van der Waals surface area contributed by atoms with Crippen LogP contribution in [0.1, 0.15) is 11.6 Å². The molecule has 1 aromatic carbocycles. The molecule has 1 aliphatic heterocycles. The van der Waals surface area contributed by atoms with Crippen LogP contribution in [0.4, 0.5) is 5.69 Å². The van der Waals surface area contributed by atoms with Crippen molar-refractivity contribution in [1.82, 2.24) is 14.6 Å². The van der Waals surface area contributed by atoms with Gasteiger partial charge in [-0.15, -0.1) is 0 Å². The topological polar surface area (TPSA) is 74.8 Å². The van der Waals surface area contributed by atoms with Gasteiger partial charge in [-0.2, -0.15) is 0 Å². The summed E-state index contributed by atoms with van der Waals surface area (Å²) in [6.07, 6.45) is 4.72. The zero-order valence-corrected chi connectivity index (χ0v) is 16.5. The van der Waals surface area contributed by atoms with Crippen LogP contribution in [0.5, 0.6) is 5.75 Å². The van der Waals surface area contributed by atoms with E-state index in [4.69, 9.17) is 4.74 Å². The average Bonchev–Trinajstić information content (AvgIpc) is 2.68. The van der Waals surface area contributed by atoms with Gasteiger partial charge in [-0.25, -0.2) is 13.1 Å². The number of piperazine rings is 1. The average molecular weight is 391 g/mol. The Hall–Kier alpha value is -2.16. The molecule has 27 heavy (non-hydrogen) atoms. The molecule has 1 N–H and O–H groups in total. The van der Waals surface area contributed by atoms with Gasteiger partial charge in [0.15, 0.2) is 0 Å². The number of methoxy groups -OCH3 is 1. The predicted octanol–water partition coefficient (Wildman–Crippen LogP) is 1.50. The van der Waals surface area contributed by atoms with Crippen molar-refractivity contribution in [3.05, 3.63) is 54.4 Å². The molecule has 0 bridgehead atoms. The number of benzene rings is 1. The van der Waals surface area contributed by atoms with Crippen molar-refractivity contribution in [2.75, 3.05) is 51.0 Å². The van der Waals surface area contributed by atoms with Crippen molar-refractivity contribution in [2.24, 2.45) is 0 Å². The monoisotopic (exact) mass is 390 g/mol. The maximum Gasteiger partial charge on any atom is 0.208 e. The van der Waals surface area contributed by atoms with Gasteiger partial charge in [0, 0.05) is 51.2 Å². The lowest BCUT2D eigenvalue weighted by atomic mass is 10.1. The largest absolute Gasteiger partial charge is 0.495 e. The molecule has 2 heterocycles. The van der Waals surface area contributed by atoms with E-state index in [9.17, 15) is 8.42 Å². The van der Waals surface area contributed by atoms with Crippen LogP contribution in [0.25, 0.3) is 0 Å². The van der Waals surface area contributed by atoms with Crippen molar-refractivity contribution >= 4 is 15.7 Å². The van der Waals surface area contributed by atoms with Crippen LogP contribution in [-0.4, -0.2) is 64.4 Å². The van der Waals surface area contributed by atoms with Crippen LogP contribution in [0.3, 0.4) is 0 Å². The first-order chi connectivity index (χ1) is 13.0. The van der Waals surface area contributed by atoms with E-state index in [-0.39, 0.29) is 6.04 Å². The van der Waals surface area contributed by atoms with E-state index in [1.807, 2.05) is 30.3 Å². The Labute approximate surface area is 161 Å². The number of rotatable bonds is 7. The highest BCUT2D eigenvalue weighted by molar-refractivity contribution is 7.88. The molecule has 1 atom stereocenters. The van der Waals surface area contributed by atoms with Gasteiger partial charge in [0.1, 0.15) is 5.75 Å². The lowest BCUT2D eigenvalue weighted by Gasteiger charge is -2.40. The number of pyridine rings is 1. The second-order valence-corrected chi connectivity index (χ2v) is 8.45. The van der Waals surface area contributed by atoms with Crippen LogP contribution in [0, 0.1) is 0 Å². The summed E-state index contributed by atoms with van der Waals surface area (Å²) in [5.41, 5.74) is 2.10. The van der Waals surface area contributed by atoms with E-state index in [1.54, 1.807) is 19.5 Å². The van der Waals surface area contributed by atoms with Gasteiger partial charge in [0.2, 0.25) is 10.0 Å². The van der Waals surface area contributed by atoms with Gasteiger partial charge in [-0.3, -0.25) is 9.88 Å². The molecule has 0 radical (unpaired) electrons. The summed E-state index contributed by atoms with van der Waals surface area (Å²) in [5.74, 6) is 0.869. The fraction of sp³-hybridized carbons (Fsp3) is 0.421. The molecule has 0 spiro atoms. The molecule has 146 valence electrons. The summed E-state index contributed by atoms with van der Waals surface area (Å²) in [5, 5.41) is 0. The van der Waals surface area contributed by atoms with Crippen LogP contribution >= 0.6 is 0 Å². The van der Waals surface area contributed by atoms with Crippen molar-refractivity contribution in [2.45, 2.75) is 6.04 Å². The summed E-state index contributed by atoms with van der Waals surface area (Å²) in [6.45, 7) is 3.66. The van der Waals surface area contributed by atoms with E-state index in [1.165, 1.54) is 6.26 Å². The Balaban J connectivity index is 1.72. The summed E-state index contributed by atoms with van der Waals surface area (Å²) in [6, 6.07) is 11.8. The minimum atomic E-state index is -3.25. The lowest BCUT2D eigenvalue weighted by Crippen LogP contribution is -2.50. The van der Waals surface area contributed by atoms with Crippen LogP contribution in [0.2, 0.25) is 0 Å². The molecule has 3 rings (SSSR count). The Bertz CT molecular complexity index is 837. The lowest BCUT2D eigenvalue weighted by molar-refractivity contribution is 0.186. The van der Waals surface area contributed by atoms with Crippen molar-refractivity contribution in [3.8, 4) is 5.75 Å². The van der Waals surface area contributed by atoms with Crippen molar-refractivity contribution in [3.63, 3.8) is 0 Å². The third-order valence-electron chi connectivity index (χ3n) is 4.79. The Morgan fingerprint density at radius 1 is 1.15 bits per heavy atom. The van der Waals surface area contributed by atoms with Crippen LogP contribution in [0.15, 0.2) is 48.8 Å². The number of para-hydroxylation sites is 2. The minimum absolute atomic E-state index is 0.0479. The molecule has 0 saturated carbocycles. The minimum Gasteiger partial charge on any atom is -0.495 e. The first-order valence-electron chi connectivity index (χ1n) is 8.94. The van der Waals surface area contributed by atoms with E-state index in [0.29, 0.717) is 6.54 Å². The number of ether oxygens (including phenoxy) is 1. The number of hydrogen-bond donors (Lipinski definition) is 1. The third kappa shape index (κ3) is 5.18. The SMILES string of the molecule is COc1ccccc1N1CCN([C@H](CNS(C)(=O)=O)c2cccnc2)CC1. The van der Waals surface area contributed by atoms with Crippen LogP contribution in [-0.2, 0) is 10.0 Å². The molecule has 1 aromatic heterocycles. The number of anilines is 1. The fourth-order valence-corrected chi connectivity index (χ4v) is 3.89. The molecule has 7 nitrogen and oxygen atoms in total. The van der Waals surface area contributed by atoms with E-state index in [0.717, 1.165) is 43.2 Å². The number of aromatic nitrogens is 1. The summed E-state index contributed by atoms with van der Waals surface area (Å²) >= 11 is 0. The highest BCUT2D eigenvalue weighted by Crippen LogP contribution is 2.30. The number of nitrogens with zero attached hydrogens (tertiary/aromatic N) is 3. The van der Waals surface area contributed by atoms with Crippen LogP contribution < -0.4 is 14.4 Å². The molecular weight excluding hydrogens is 364 g/mol. The zero-order valence-electron chi connectivity index (χ0n) is 15.7. The molecule has 2 aromatic rings. The second kappa shape index (κ2) is 8.69. The predicted molar refractivity (Wildman–Crippen MR) is 107 cm³/mol. The number of nitrogens with one attached hydrogen (secondary N) is 1. The standard InChI is InChI=1S/C19H26N4O3S/c1-26-19-8-4-3-7-17(19)22-10-12-23(13-11-22)18(15-21-27(2,24)25)16-6-5-9-20-14-16/h3-9,14,18,21H,10-13,15H2,1-2H3/t18-/m1/s1. The molecular formula is C19H26N4O3S. The quantitative estimate of drug-likeness (QED) is 0.772. The molecule has 1 saturated heterocycles. The van der Waals surface area contributed by atoms with Gasteiger partial charge < -0.3 is 9.64 Å². The summed E-state index contributed by atoms with van der Waals surface area (Å²) < 4.78 is 31.3. The van der Waals surface area contributed by atoms with Gasteiger partial charge in [-0.05, 0) is 23.8 Å². The number of sulfonamides is 1. The summed E-state index contributed by atoms with van der Waals surface area (Å²) in [7, 11) is -1.57. The summed E-state index contributed by atoms with van der Waals surface area (Å²) in [4.78, 5) is 8.81. The zero-order chi connectivity index (χ0) is 19.3. The molecule has 1 fully saturated rings. The van der Waals surface area contributed by atoms with Crippen molar-refractivity contribution in [1.29, 1.82) is 0 Å². The Kier molecular flexibility index (Phi) is 6.30. The van der Waals surface area contributed by atoms with Gasteiger partial charge in [-0.1, -0.05) is 18.2 Å². The fourth-order valence-electron chi connectivity index (χ4n) is 3.43. The smallest absolute Gasteiger partial charge is 0.208 e. The number of hydrogen-bond acceptors (Lipinski definition) is 6. The Morgan fingerprint density at radius 3 is 2.52 bits per heavy atom. The van der Waals surface area contributed by atoms with Gasteiger partial charge >= 0.3 is 0 Å². The van der Waals surface area contributed by atoms with Gasteiger partial charge in [0.05, 0.1) is 19.1 Å². The Morgan fingerprint density at radius 2 is 1.89 bits per heavy atom. The molecule has 8 heteroatoms. The highest BCUT2D eigenvalue weighted by Gasteiger charge is 2.27. The highest BCUT2D eigenvalue weighted by atomic mass is 32.2. The van der Waals surface area contributed by atoms with E-state index >= 15 is 0 Å². The maximum atomic E-state index is 11.6. The molecule has 1 aliphatic rings. The first-order valence-corrected chi connectivity index (χ1v) is 10.8. The van der Waals surface area contributed by atoms with E-state index < -0.39 is 10.0 Å². The van der Waals surface area contributed by atoms with Crippen molar-refractivity contribution < 1.29 is 13.2 Å².